The molecule has 0 aliphatic carbocycles. The Kier molecular flexibility index (Phi) is 7.61. The Labute approximate surface area is 154 Å². The zero-order valence-electron chi connectivity index (χ0n) is 15.6. The highest BCUT2D eigenvalue weighted by Crippen LogP contribution is 2.29. The standard InChI is InChI=1S/C20H27N3O3/c1-4-21-20(22-13-12-15-8-10-17(25-2)11-9-15)23-14-16-6-5-7-18(26-3)19(16)24/h5-11,24H,4,12-14H2,1-3H3,(H2,21,22,23). The van der Waals surface area contributed by atoms with Crippen LogP contribution in [0, 0.1) is 0 Å². The zero-order valence-corrected chi connectivity index (χ0v) is 15.6. The molecule has 0 aromatic heterocycles. The third-order valence-corrected chi connectivity index (χ3v) is 3.92. The largest absolute Gasteiger partial charge is 0.504 e. The van der Waals surface area contributed by atoms with Gasteiger partial charge >= 0.3 is 0 Å². The van der Waals surface area contributed by atoms with Crippen LogP contribution < -0.4 is 20.1 Å². The number of nitrogens with zero attached hydrogens (tertiary/aromatic N) is 1. The van der Waals surface area contributed by atoms with Crippen LogP contribution in [-0.4, -0.2) is 38.4 Å². The highest BCUT2D eigenvalue weighted by atomic mass is 16.5. The average molecular weight is 357 g/mol. The van der Waals surface area contributed by atoms with Crippen molar-refractivity contribution in [1.82, 2.24) is 10.6 Å². The minimum Gasteiger partial charge on any atom is -0.504 e. The normalized spacial score (nSPS) is 11.1. The van der Waals surface area contributed by atoms with Gasteiger partial charge in [0, 0.05) is 18.7 Å². The second-order valence-corrected chi connectivity index (χ2v) is 5.69. The molecule has 3 N–H and O–H groups in total. The molecule has 0 aliphatic rings. The van der Waals surface area contributed by atoms with Crippen LogP contribution in [0.2, 0.25) is 0 Å². The Hall–Kier alpha value is -2.89. The van der Waals surface area contributed by atoms with Gasteiger partial charge < -0.3 is 25.2 Å². The maximum absolute atomic E-state index is 10.2. The fourth-order valence-electron chi connectivity index (χ4n) is 2.48. The summed E-state index contributed by atoms with van der Waals surface area (Å²) in [6.07, 6.45) is 0.874. The lowest BCUT2D eigenvalue weighted by molar-refractivity contribution is 0.370. The van der Waals surface area contributed by atoms with Gasteiger partial charge in [-0.25, -0.2) is 4.99 Å². The van der Waals surface area contributed by atoms with Gasteiger partial charge in [-0.05, 0) is 37.1 Å². The lowest BCUT2D eigenvalue weighted by Crippen LogP contribution is -2.38. The van der Waals surface area contributed by atoms with Crippen molar-refractivity contribution in [3.8, 4) is 17.2 Å². The van der Waals surface area contributed by atoms with E-state index in [2.05, 4.69) is 27.8 Å². The van der Waals surface area contributed by atoms with Crippen LogP contribution in [0.5, 0.6) is 17.2 Å². The van der Waals surface area contributed by atoms with Gasteiger partial charge in [-0.15, -0.1) is 0 Å². The molecule has 2 rings (SSSR count). The van der Waals surface area contributed by atoms with E-state index in [9.17, 15) is 5.11 Å². The fraction of sp³-hybridized carbons (Fsp3) is 0.350. The minimum absolute atomic E-state index is 0.132. The van der Waals surface area contributed by atoms with Crippen LogP contribution in [0.15, 0.2) is 47.5 Å². The summed E-state index contributed by atoms with van der Waals surface area (Å²) in [5, 5.41) is 16.7. The van der Waals surface area contributed by atoms with Crippen molar-refractivity contribution in [3.05, 3.63) is 53.6 Å². The number of guanidine groups is 1. The number of phenols is 1. The number of aliphatic imine (C=N–C) groups is 1. The van der Waals surface area contributed by atoms with Gasteiger partial charge in [-0.3, -0.25) is 0 Å². The molecule has 0 radical (unpaired) electrons. The fourth-order valence-corrected chi connectivity index (χ4v) is 2.48. The maximum Gasteiger partial charge on any atom is 0.191 e. The summed E-state index contributed by atoms with van der Waals surface area (Å²) < 4.78 is 10.3. The molecule has 6 heteroatoms. The summed E-state index contributed by atoms with van der Waals surface area (Å²) in [6.45, 7) is 3.89. The monoisotopic (exact) mass is 357 g/mol. The third kappa shape index (κ3) is 5.58. The quantitative estimate of drug-likeness (QED) is 0.500. The van der Waals surface area contributed by atoms with Crippen LogP contribution in [0.4, 0.5) is 0 Å². The maximum atomic E-state index is 10.2. The molecule has 26 heavy (non-hydrogen) atoms. The highest BCUT2D eigenvalue weighted by Gasteiger charge is 2.07. The second kappa shape index (κ2) is 10.2. The molecule has 0 heterocycles. The molecule has 2 aromatic carbocycles. The van der Waals surface area contributed by atoms with Gasteiger partial charge in [-0.2, -0.15) is 0 Å². The average Bonchev–Trinajstić information content (AvgIpc) is 2.67. The van der Waals surface area contributed by atoms with E-state index in [-0.39, 0.29) is 5.75 Å². The van der Waals surface area contributed by atoms with Crippen LogP contribution in [-0.2, 0) is 13.0 Å². The molecule has 0 saturated carbocycles. The second-order valence-electron chi connectivity index (χ2n) is 5.69. The number of aromatic hydroxyl groups is 1. The minimum atomic E-state index is 0.132. The first-order valence-electron chi connectivity index (χ1n) is 8.67. The van der Waals surface area contributed by atoms with Gasteiger partial charge in [0.1, 0.15) is 5.75 Å². The van der Waals surface area contributed by atoms with Gasteiger partial charge in [0.2, 0.25) is 0 Å². The van der Waals surface area contributed by atoms with Crippen molar-refractivity contribution in [2.75, 3.05) is 27.3 Å². The molecule has 6 nitrogen and oxygen atoms in total. The Balaban J connectivity index is 1.93. The molecule has 0 fully saturated rings. The number of para-hydroxylation sites is 1. The Bertz CT molecular complexity index is 715. The SMILES string of the molecule is CCNC(=NCc1cccc(OC)c1O)NCCc1ccc(OC)cc1. The van der Waals surface area contributed by atoms with Crippen LogP contribution in [0.25, 0.3) is 0 Å². The first-order valence-corrected chi connectivity index (χ1v) is 8.67. The number of methoxy groups -OCH3 is 2. The topological polar surface area (TPSA) is 75.1 Å². The third-order valence-electron chi connectivity index (χ3n) is 3.92. The summed E-state index contributed by atoms with van der Waals surface area (Å²) in [7, 11) is 3.20. The van der Waals surface area contributed by atoms with E-state index in [1.807, 2.05) is 31.2 Å². The Morgan fingerprint density at radius 3 is 2.46 bits per heavy atom. The van der Waals surface area contributed by atoms with Crippen LogP contribution >= 0.6 is 0 Å². The smallest absolute Gasteiger partial charge is 0.191 e. The van der Waals surface area contributed by atoms with Crippen molar-refractivity contribution in [1.29, 1.82) is 0 Å². The summed E-state index contributed by atoms with van der Waals surface area (Å²) >= 11 is 0. The molecule has 140 valence electrons. The van der Waals surface area contributed by atoms with Gasteiger partial charge in [-0.1, -0.05) is 24.3 Å². The molecule has 0 spiro atoms. The number of rotatable bonds is 8. The van der Waals surface area contributed by atoms with Gasteiger partial charge in [0.25, 0.3) is 0 Å². The van der Waals surface area contributed by atoms with Crippen LogP contribution in [0.3, 0.4) is 0 Å². The number of hydrogen-bond acceptors (Lipinski definition) is 4. The molecule has 0 amide bonds. The van der Waals surface area contributed by atoms with Gasteiger partial charge in [0.05, 0.1) is 20.8 Å². The number of phenolic OH excluding ortho intramolecular Hbond substituents is 1. The zero-order chi connectivity index (χ0) is 18.8. The van der Waals surface area contributed by atoms with Crippen molar-refractivity contribution >= 4 is 5.96 Å². The van der Waals surface area contributed by atoms with E-state index in [0.29, 0.717) is 18.3 Å². The first kappa shape index (κ1) is 19.4. The lowest BCUT2D eigenvalue weighted by atomic mass is 10.1. The van der Waals surface area contributed by atoms with E-state index in [1.165, 1.54) is 12.7 Å². The molecular formula is C20H27N3O3. The highest BCUT2D eigenvalue weighted by molar-refractivity contribution is 5.79. The summed E-state index contributed by atoms with van der Waals surface area (Å²) in [6, 6.07) is 13.4. The van der Waals surface area contributed by atoms with Crippen LogP contribution in [0.1, 0.15) is 18.1 Å². The van der Waals surface area contributed by atoms with Gasteiger partial charge in [0.15, 0.2) is 17.5 Å². The van der Waals surface area contributed by atoms with Crippen molar-refractivity contribution in [2.45, 2.75) is 19.9 Å². The van der Waals surface area contributed by atoms with E-state index < -0.39 is 0 Å². The predicted octanol–water partition coefficient (Wildman–Crippen LogP) is 2.71. The van der Waals surface area contributed by atoms with Crippen molar-refractivity contribution in [2.24, 2.45) is 4.99 Å². The number of hydrogen-bond donors (Lipinski definition) is 3. The molecular weight excluding hydrogens is 330 g/mol. The molecule has 0 bridgehead atoms. The Morgan fingerprint density at radius 2 is 1.81 bits per heavy atom. The molecule has 0 atom stereocenters. The number of benzene rings is 2. The van der Waals surface area contributed by atoms with E-state index in [4.69, 9.17) is 9.47 Å². The molecule has 2 aromatic rings. The number of nitrogens with one attached hydrogen (secondary N) is 2. The lowest BCUT2D eigenvalue weighted by Gasteiger charge is -2.12. The molecule has 0 unspecified atom stereocenters. The van der Waals surface area contributed by atoms with E-state index >= 15 is 0 Å². The molecule has 0 saturated heterocycles. The van der Waals surface area contributed by atoms with E-state index in [0.717, 1.165) is 30.8 Å². The summed E-state index contributed by atoms with van der Waals surface area (Å²) in [5.74, 6) is 2.15. The molecule has 0 aliphatic heterocycles. The first-order chi connectivity index (χ1) is 12.7. The number of ether oxygens (including phenoxy) is 2. The predicted molar refractivity (Wildman–Crippen MR) is 104 cm³/mol. The summed E-state index contributed by atoms with van der Waals surface area (Å²) in [5.41, 5.74) is 1.94. The van der Waals surface area contributed by atoms with E-state index in [1.54, 1.807) is 13.2 Å². The summed E-state index contributed by atoms with van der Waals surface area (Å²) in [4.78, 5) is 4.54. The van der Waals surface area contributed by atoms with Crippen molar-refractivity contribution < 1.29 is 14.6 Å². The Morgan fingerprint density at radius 1 is 1.04 bits per heavy atom. The van der Waals surface area contributed by atoms with Crippen molar-refractivity contribution in [3.63, 3.8) is 0 Å².